The minimum absolute atomic E-state index is 0.251. The van der Waals surface area contributed by atoms with Crippen LogP contribution in [0.1, 0.15) is 34.0 Å². The van der Waals surface area contributed by atoms with E-state index in [2.05, 4.69) is 31.4 Å². The Morgan fingerprint density at radius 1 is 1.33 bits per heavy atom. The standard InChI is InChI=1S/C14H17BrF3N5O/c1-8-12(15)9(2)23(20-8)6-4-5-19-13(24)10-7-11(14(16,17)18)22(3)21-10/h7H,4-6H2,1-3H3,(H,19,24). The van der Waals surface area contributed by atoms with Crippen molar-refractivity contribution in [3.63, 3.8) is 0 Å². The highest BCUT2D eigenvalue weighted by Crippen LogP contribution is 2.29. The summed E-state index contributed by atoms with van der Waals surface area (Å²) in [4.78, 5) is 11.9. The third-order valence-corrected chi connectivity index (χ3v) is 4.68. The summed E-state index contributed by atoms with van der Waals surface area (Å²) in [6.45, 7) is 4.71. The van der Waals surface area contributed by atoms with Gasteiger partial charge in [0.15, 0.2) is 5.69 Å². The highest BCUT2D eigenvalue weighted by atomic mass is 79.9. The van der Waals surface area contributed by atoms with Crippen LogP contribution in [-0.2, 0) is 19.8 Å². The van der Waals surface area contributed by atoms with Crippen LogP contribution in [0.25, 0.3) is 0 Å². The number of nitrogens with one attached hydrogen (secondary N) is 1. The third-order valence-electron chi connectivity index (χ3n) is 3.53. The molecule has 132 valence electrons. The van der Waals surface area contributed by atoms with E-state index in [1.165, 1.54) is 0 Å². The van der Waals surface area contributed by atoms with Crippen LogP contribution in [0.3, 0.4) is 0 Å². The molecule has 0 aliphatic carbocycles. The van der Waals surface area contributed by atoms with Crippen LogP contribution in [0, 0.1) is 13.8 Å². The normalized spacial score (nSPS) is 11.8. The molecule has 2 aromatic heterocycles. The number of carbonyl (C=O) groups is 1. The van der Waals surface area contributed by atoms with Gasteiger partial charge in [0.1, 0.15) is 5.69 Å². The predicted molar refractivity (Wildman–Crippen MR) is 84.6 cm³/mol. The van der Waals surface area contributed by atoms with E-state index >= 15 is 0 Å². The number of alkyl halides is 3. The number of amides is 1. The van der Waals surface area contributed by atoms with Crippen LogP contribution in [-0.4, -0.2) is 32.0 Å². The molecule has 0 saturated heterocycles. The van der Waals surface area contributed by atoms with Crippen molar-refractivity contribution < 1.29 is 18.0 Å². The number of rotatable bonds is 5. The van der Waals surface area contributed by atoms with E-state index in [4.69, 9.17) is 0 Å². The van der Waals surface area contributed by atoms with Crippen molar-refractivity contribution in [2.24, 2.45) is 7.05 Å². The quantitative estimate of drug-likeness (QED) is 0.774. The fraction of sp³-hybridized carbons (Fsp3) is 0.500. The molecule has 0 radical (unpaired) electrons. The van der Waals surface area contributed by atoms with E-state index < -0.39 is 17.8 Å². The summed E-state index contributed by atoms with van der Waals surface area (Å²) >= 11 is 3.43. The van der Waals surface area contributed by atoms with E-state index in [9.17, 15) is 18.0 Å². The molecule has 2 rings (SSSR count). The molecule has 0 bridgehead atoms. The van der Waals surface area contributed by atoms with Crippen LogP contribution in [0.2, 0.25) is 0 Å². The first-order valence-electron chi connectivity index (χ1n) is 7.20. The summed E-state index contributed by atoms with van der Waals surface area (Å²) in [6.07, 6.45) is -3.94. The van der Waals surface area contributed by atoms with Gasteiger partial charge in [-0.05, 0) is 36.2 Å². The largest absolute Gasteiger partial charge is 0.433 e. The molecular weight excluding hydrogens is 391 g/mol. The van der Waals surface area contributed by atoms with Crippen molar-refractivity contribution in [2.75, 3.05) is 6.54 Å². The molecule has 0 unspecified atom stereocenters. The average Bonchev–Trinajstić information content (AvgIpc) is 2.99. The summed E-state index contributed by atoms with van der Waals surface area (Å²) in [5.41, 5.74) is 0.655. The molecular formula is C14H17BrF3N5O. The van der Waals surface area contributed by atoms with E-state index in [0.717, 1.165) is 29.0 Å². The lowest BCUT2D eigenvalue weighted by molar-refractivity contribution is -0.143. The SMILES string of the molecule is Cc1nn(CCCNC(=O)c2cc(C(F)(F)F)n(C)n2)c(C)c1Br. The van der Waals surface area contributed by atoms with Gasteiger partial charge in [0.2, 0.25) is 0 Å². The Hall–Kier alpha value is -1.84. The first kappa shape index (κ1) is 18.5. The second kappa shape index (κ2) is 6.96. The zero-order valence-corrected chi connectivity index (χ0v) is 15.0. The van der Waals surface area contributed by atoms with E-state index in [1.807, 2.05) is 18.5 Å². The number of halogens is 4. The number of hydrogen-bond donors (Lipinski definition) is 1. The second-order valence-corrected chi connectivity index (χ2v) is 6.15. The maximum atomic E-state index is 12.7. The summed E-state index contributed by atoms with van der Waals surface area (Å²) in [5.74, 6) is -0.629. The Morgan fingerprint density at radius 3 is 2.50 bits per heavy atom. The molecule has 0 aliphatic heterocycles. The van der Waals surface area contributed by atoms with Gasteiger partial charge in [-0.25, -0.2) is 0 Å². The zero-order chi connectivity index (χ0) is 18.1. The molecule has 6 nitrogen and oxygen atoms in total. The maximum Gasteiger partial charge on any atom is 0.433 e. The minimum atomic E-state index is -4.54. The van der Waals surface area contributed by atoms with Gasteiger partial charge < -0.3 is 5.32 Å². The molecule has 0 fully saturated rings. The van der Waals surface area contributed by atoms with Crippen LogP contribution in [0.4, 0.5) is 13.2 Å². The van der Waals surface area contributed by atoms with Crippen molar-refractivity contribution in [1.82, 2.24) is 24.9 Å². The molecule has 0 aliphatic rings. The Labute approximate surface area is 145 Å². The van der Waals surface area contributed by atoms with Gasteiger partial charge in [0, 0.05) is 31.9 Å². The predicted octanol–water partition coefficient (Wildman–Crippen LogP) is 2.83. The first-order valence-corrected chi connectivity index (χ1v) is 7.99. The second-order valence-electron chi connectivity index (χ2n) is 5.35. The third kappa shape index (κ3) is 3.97. The molecule has 10 heteroatoms. The molecule has 0 saturated carbocycles. The zero-order valence-electron chi connectivity index (χ0n) is 13.4. The van der Waals surface area contributed by atoms with Crippen LogP contribution in [0.5, 0.6) is 0 Å². The molecule has 2 heterocycles. The number of carbonyl (C=O) groups excluding carboxylic acids is 1. The molecule has 0 spiro atoms. The summed E-state index contributed by atoms with van der Waals surface area (Å²) in [7, 11) is 1.15. The lowest BCUT2D eigenvalue weighted by Crippen LogP contribution is -2.26. The summed E-state index contributed by atoms with van der Waals surface area (Å²) < 4.78 is 41.5. The van der Waals surface area contributed by atoms with E-state index in [0.29, 0.717) is 24.2 Å². The summed E-state index contributed by atoms with van der Waals surface area (Å²) in [6, 6.07) is 0.744. The molecule has 0 atom stereocenters. The Morgan fingerprint density at radius 2 is 2.00 bits per heavy atom. The van der Waals surface area contributed by atoms with Crippen LogP contribution in [0.15, 0.2) is 10.5 Å². The first-order chi connectivity index (χ1) is 11.1. The average molecular weight is 408 g/mol. The molecule has 24 heavy (non-hydrogen) atoms. The van der Waals surface area contributed by atoms with Gasteiger partial charge in [-0.3, -0.25) is 14.2 Å². The van der Waals surface area contributed by atoms with Gasteiger partial charge >= 0.3 is 6.18 Å². The van der Waals surface area contributed by atoms with Crippen LogP contribution < -0.4 is 5.32 Å². The smallest absolute Gasteiger partial charge is 0.351 e. The number of nitrogens with zero attached hydrogens (tertiary/aromatic N) is 4. The molecule has 1 N–H and O–H groups in total. The van der Waals surface area contributed by atoms with E-state index in [-0.39, 0.29) is 5.69 Å². The number of aryl methyl sites for hydroxylation is 3. The van der Waals surface area contributed by atoms with Gasteiger partial charge in [-0.15, -0.1) is 0 Å². The monoisotopic (exact) mass is 407 g/mol. The topological polar surface area (TPSA) is 64.7 Å². The van der Waals surface area contributed by atoms with Crippen molar-refractivity contribution in [2.45, 2.75) is 33.0 Å². The lowest BCUT2D eigenvalue weighted by Gasteiger charge is -2.05. The maximum absolute atomic E-state index is 12.7. The van der Waals surface area contributed by atoms with E-state index in [1.54, 1.807) is 0 Å². The van der Waals surface area contributed by atoms with Crippen molar-refractivity contribution in [3.8, 4) is 0 Å². The summed E-state index contributed by atoms with van der Waals surface area (Å²) in [5, 5.41) is 10.5. The van der Waals surface area contributed by atoms with Gasteiger partial charge in [0.25, 0.3) is 5.91 Å². The van der Waals surface area contributed by atoms with Gasteiger partial charge in [-0.1, -0.05) is 0 Å². The van der Waals surface area contributed by atoms with Crippen molar-refractivity contribution in [1.29, 1.82) is 0 Å². The van der Waals surface area contributed by atoms with Crippen LogP contribution >= 0.6 is 15.9 Å². The molecule has 2 aromatic rings. The highest BCUT2D eigenvalue weighted by molar-refractivity contribution is 9.10. The Bertz CT molecular complexity index is 750. The number of hydrogen-bond acceptors (Lipinski definition) is 3. The highest BCUT2D eigenvalue weighted by Gasteiger charge is 2.35. The van der Waals surface area contributed by atoms with Gasteiger partial charge in [0.05, 0.1) is 10.2 Å². The minimum Gasteiger partial charge on any atom is -0.351 e. The lowest BCUT2D eigenvalue weighted by atomic mass is 10.3. The number of aromatic nitrogens is 4. The van der Waals surface area contributed by atoms with Crippen molar-refractivity contribution >= 4 is 21.8 Å². The van der Waals surface area contributed by atoms with Gasteiger partial charge in [-0.2, -0.15) is 23.4 Å². The molecule has 0 aromatic carbocycles. The fourth-order valence-corrected chi connectivity index (χ4v) is 2.54. The Kier molecular flexibility index (Phi) is 5.36. The Balaban J connectivity index is 1.89. The fourth-order valence-electron chi connectivity index (χ4n) is 2.26. The van der Waals surface area contributed by atoms with Crippen molar-refractivity contribution in [3.05, 3.63) is 33.3 Å². The molecule has 1 amide bonds.